The van der Waals surface area contributed by atoms with E-state index in [1.807, 2.05) is 47.4 Å². The molecule has 164 valence electrons. The molecule has 32 heavy (non-hydrogen) atoms. The predicted molar refractivity (Wildman–Crippen MR) is 136 cm³/mol. The molecule has 5 nitrogen and oxygen atoms in total. The summed E-state index contributed by atoms with van der Waals surface area (Å²) in [5.41, 5.74) is 2.88. The number of rotatable bonds is 4. The van der Waals surface area contributed by atoms with Gasteiger partial charge in [0.25, 0.3) is 11.8 Å². The van der Waals surface area contributed by atoms with Gasteiger partial charge in [0.15, 0.2) is 0 Å². The molecule has 0 unspecified atom stereocenters. The minimum absolute atomic E-state index is 0.0347. The summed E-state index contributed by atoms with van der Waals surface area (Å²) in [5.74, 6) is -0.209. The Morgan fingerprint density at radius 1 is 0.844 bits per heavy atom. The normalized spacial score (nSPS) is 13.7. The number of hydrogen-bond acceptors (Lipinski definition) is 3. The molecule has 0 spiro atoms. The number of nitrogens with zero attached hydrogens (tertiary/aromatic N) is 2. The standard InChI is InChI=1S/C24H20Br2ClN3O2/c25-17-13-16(14-18(26)15-17)23(31)28-19-5-7-20(8-6-19)29-9-11-30(12-10-29)24(32)21-3-1-2-4-22(21)27/h1-8,13-15H,9-12H2,(H,28,31). The molecule has 0 aliphatic carbocycles. The van der Waals surface area contributed by atoms with E-state index in [1.165, 1.54) is 0 Å². The Morgan fingerprint density at radius 2 is 1.47 bits per heavy atom. The van der Waals surface area contributed by atoms with Gasteiger partial charge in [0.1, 0.15) is 0 Å². The molecule has 1 saturated heterocycles. The van der Waals surface area contributed by atoms with E-state index in [0.29, 0.717) is 29.2 Å². The number of piperazine rings is 1. The minimum Gasteiger partial charge on any atom is -0.368 e. The van der Waals surface area contributed by atoms with Crippen molar-refractivity contribution in [3.05, 3.63) is 91.8 Å². The van der Waals surface area contributed by atoms with Crippen molar-refractivity contribution < 1.29 is 9.59 Å². The fourth-order valence-corrected chi connectivity index (χ4v) is 5.13. The molecule has 0 saturated carbocycles. The first kappa shape index (κ1) is 22.8. The van der Waals surface area contributed by atoms with Crippen molar-refractivity contribution in [1.82, 2.24) is 4.90 Å². The number of carbonyl (C=O) groups is 2. The quantitative estimate of drug-likeness (QED) is 0.409. The molecule has 1 aliphatic rings. The lowest BCUT2D eigenvalue weighted by atomic mass is 10.1. The molecule has 3 aromatic rings. The van der Waals surface area contributed by atoms with Gasteiger partial charge in [0.05, 0.1) is 10.6 Å². The molecule has 4 rings (SSSR count). The van der Waals surface area contributed by atoms with Gasteiger partial charge >= 0.3 is 0 Å². The van der Waals surface area contributed by atoms with Crippen LogP contribution in [0.4, 0.5) is 11.4 Å². The second-order valence-electron chi connectivity index (χ2n) is 7.42. The highest BCUT2D eigenvalue weighted by Gasteiger charge is 2.23. The van der Waals surface area contributed by atoms with Gasteiger partial charge in [0, 0.05) is 52.1 Å². The zero-order chi connectivity index (χ0) is 22.7. The third-order valence-corrected chi connectivity index (χ3v) is 6.53. The summed E-state index contributed by atoms with van der Waals surface area (Å²) in [5, 5.41) is 3.40. The summed E-state index contributed by atoms with van der Waals surface area (Å²) in [6.45, 7) is 2.71. The number of benzene rings is 3. The zero-order valence-corrected chi connectivity index (χ0v) is 21.0. The van der Waals surface area contributed by atoms with Crippen LogP contribution >= 0.6 is 43.5 Å². The largest absolute Gasteiger partial charge is 0.368 e. The fraction of sp³-hybridized carbons (Fsp3) is 0.167. The predicted octanol–water partition coefficient (Wildman–Crippen LogP) is 6.08. The smallest absolute Gasteiger partial charge is 0.255 e. The van der Waals surface area contributed by atoms with E-state index in [1.54, 1.807) is 24.3 Å². The van der Waals surface area contributed by atoms with Crippen molar-refractivity contribution in [2.75, 3.05) is 36.4 Å². The van der Waals surface area contributed by atoms with Gasteiger partial charge in [-0.2, -0.15) is 0 Å². The van der Waals surface area contributed by atoms with Crippen LogP contribution < -0.4 is 10.2 Å². The monoisotopic (exact) mass is 575 g/mol. The van der Waals surface area contributed by atoms with Gasteiger partial charge in [-0.25, -0.2) is 0 Å². The molecule has 1 N–H and O–H groups in total. The Bertz CT molecular complexity index is 1130. The molecule has 0 aromatic heterocycles. The average Bonchev–Trinajstić information content (AvgIpc) is 2.79. The van der Waals surface area contributed by atoms with E-state index < -0.39 is 0 Å². The third kappa shape index (κ3) is 5.34. The summed E-state index contributed by atoms with van der Waals surface area (Å²) in [6, 6.07) is 20.3. The maximum atomic E-state index is 12.7. The molecule has 0 radical (unpaired) electrons. The number of anilines is 2. The maximum Gasteiger partial charge on any atom is 0.255 e. The van der Waals surface area contributed by atoms with E-state index in [4.69, 9.17) is 11.6 Å². The first-order chi connectivity index (χ1) is 15.4. The molecule has 1 fully saturated rings. The van der Waals surface area contributed by atoms with E-state index >= 15 is 0 Å². The van der Waals surface area contributed by atoms with Gasteiger partial charge in [0.2, 0.25) is 0 Å². The number of carbonyl (C=O) groups excluding carboxylic acids is 2. The highest BCUT2D eigenvalue weighted by Crippen LogP contribution is 2.24. The Kier molecular flexibility index (Phi) is 7.18. The Morgan fingerprint density at radius 3 is 2.09 bits per heavy atom. The van der Waals surface area contributed by atoms with Crippen LogP contribution in [0.3, 0.4) is 0 Å². The SMILES string of the molecule is O=C(Nc1ccc(N2CCN(C(=O)c3ccccc3Cl)CC2)cc1)c1cc(Br)cc(Br)c1. The van der Waals surface area contributed by atoms with Crippen LogP contribution in [0.5, 0.6) is 0 Å². The van der Waals surface area contributed by atoms with Crippen molar-refractivity contribution in [3.63, 3.8) is 0 Å². The molecule has 0 atom stereocenters. The van der Waals surface area contributed by atoms with E-state index in [-0.39, 0.29) is 11.8 Å². The molecule has 8 heteroatoms. The van der Waals surface area contributed by atoms with Crippen LogP contribution in [0.1, 0.15) is 20.7 Å². The lowest BCUT2D eigenvalue weighted by Gasteiger charge is -2.36. The van der Waals surface area contributed by atoms with Crippen LogP contribution in [-0.4, -0.2) is 42.9 Å². The number of halogens is 3. The number of hydrogen-bond donors (Lipinski definition) is 1. The van der Waals surface area contributed by atoms with Crippen LogP contribution in [0.15, 0.2) is 75.7 Å². The lowest BCUT2D eigenvalue weighted by Crippen LogP contribution is -2.48. The zero-order valence-electron chi connectivity index (χ0n) is 17.0. The van der Waals surface area contributed by atoms with Crippen molar-refractivity contribution in [2.45, 2.75) is 0 Å². The van der Waals surface area contributed by atoms with Crippen molar-refractivity contribution in [2.24, 2.45) is 0 Å². The topological polar surface area (TPSA) is 52.7 Å². The lowest BCUT2D eigenvalue weighted by molar-refractivity contribution is 0.0747. The molecular weight excluding hydrogens is 558 g/mol. The van der Waals surface area contributed by atoms with Crippen molar-refractivity contribution >= 4 is 66.6 Å². The molecule has 2 amide bonds. The first-order valence-electron chi connectivity index (χ1n) is 10.1. The van der Waals surface area contributed by atoms with Gasteiger partial charge in [-0.3, -0.25) is 9.59 Å². The fourth-order valence-electron chi connectivity index (χ4n) is 3.62. The van der Waals surface area contributed by atoms with Crippen LogP contribution in [0, 0.1) is 0 Å². The highest BCUT2D eigenvalue weighted by atomic mass is 79.9. The molecular formula is C24H20Br2ClN3O2. The third-order valence-electron chi connectivity index (χ3n) is 5.29. The number of amides is 2. The second-order valence-corrected chi connectivity index (χ2v) is 9.66. The second kappa shape index (κ2) is 10.1. The minimum atomic E-state index is -0.175. The molecule has 0 bridgehead atoms. The summed E-state index contributed by atoms with van der Waals surface area (Å²) < 4.78 is 1.67. The average molecular weight is 578 g/mol. The Hall–Kier alpha value is -2.35. The van der Waals surface area contributed by atoms with Gasteiger partial charge < -0.3 is 15.1 Å². The number of nitrogens with one attached hydrogen (secondary N) is 1. The molecule has 1 aliphatic heterocycles. The maximum absolute atomic E-state index is 12.7. The summed E-state index contributed by atoms with van der Waals surface area (Å²) in [7, 11) is 0. The van der Waals surface area contributed by atoms with Crippen LogP contribution in [0.2, 0.25) is 5.02 Å². The van der Waals surface area contributed by atoms with Crippen molar-refractivity contribution in [1.29, 1.82) is 0 Å². The van der Waals surface area contributed by atoms with E-state index in [2.05, 4.69) is 42.1 Å². The summed E-state index contributed by atoms with van der Waals surface area (Å²) in [6.07, 6.45) is 0. The van der Waals surface area contributed by atoms with Gasteiger partial charge in [-0.15, -0.1) is 0 Å². The van der Waals surface area contributed by atoms with Crippen molar-refractivity contribution in [3.8, 4) is 0 Å². The van der Waals surface area contributed by atoms with Gasteiger partial charge in [-0.1, -0.05) is 55.6 Å². The van der Waals surface area contributed by atoms with E-state index in [9.17, 15) is 9.59 Å². The van der Waals surface area contributed by atoms with Crippen LogP contribution in [-0.2, 0) is 0 Å². The Balaban J connectivity index is 1.35. The van der Waals surface area contributed by atoms with Gasteiger partial charge in [-0.05, 0) is 54.6 Å². The summed E-state index contributed by atoms with van der Waals surface area (Å²) >= 11 is 13.0. The molecule has 3 aromatic carbocycles. The summed E-state index contributed by atoms with van der Waals surface area (Å²) in [4.78, 5) is 29.3. The highest BCUT2D eigenvalue weighted by molar-refractivity contribution is 9.11. The molecule has 1 heterocycles. The van der Waals surface area contributed by atoms with E-state index in [0.717, 1.165) is 33.4 Å². The Labute approximate surface area is 208 Å². The van der Waals surface area contributed by atoms with Crippen LogP contribution in [0.25, 0.3) is 0 Å². The first-order valence-corrected chi connectivity index (χ1v) is 12.0.